The molecule has 0 aliphatic heterocycles. The van der Waals surface area contributed by atoms with Gasteiger partial charge in [0.2, 0.25) is 5.91 Å². The van der Waals surface area contributed by atoms with Crippen LogP contribution < -0.4 is 15.6 Å². The molecule has 1 N–H and O–H groups in total. The van der Waals surface area contributed by atoms with Gasteiger partial charge in [-0.3, -0.25) is 9.59 Å². The van der Waals surface area contributed by atoms with Crippen molar-refractivity contribution < 1.29 is 9.53 Å². The quantitative estimate of drug-likeness (QED) is 0.672. The molecular formula is C23H25N3O3. The van der Waals surface area contributed by atoms with E-state index in [9.17, 15) is 9.59 Å². The lowest BCUT2D eigenvalue weighted by Crippen LogP contribution is -2.50. The number of nitrogens with zero attached hydrogens (tertiary/aromatic N) is 2. The molecule has 0 radical (unpaired) electrons. The van der Waals surface area contributed by atoms with Crippen molar-refractivity contribution in [3.8, 4) is 17.0 Å². The van der Waals surface area contributed by atoms with Gasteiger partial charge in [-0.2, -0.15) is 5.10 Å². The Morgan fingerprint density at radius 3 is 2.45 bits per heavy atom. The molecule has 0 unspecified atom stereocenters. The molecule has 0 aliphatic rings. The van der Waals surface area contributed by atoms with Crippen LogP contribution in [0.4, 0.5) is 0 Å². The van der Waals surface area contributed by atoms with Crippen LogP contribution in [0.2, 0.25) is 0 Å². The third-order valence-corrected chi connectivity index (χ3v) is 4.83. The van der Waals surface area contributed by atoms with Gasteiger partial charge in [0, 0.05) is 18.2 Å². The molecule has 3 aromatic rings. The second-order valence-corrected chi connectivity index (χ2v) is 7.21. The van der Waals surface area contributed by atoms with Crippen LogP contribution in [0.25, 0.3) is 11.3 Å². The number of para-hydroxylation sites is 1. The predicted molar refractivity (Wildman–Crippen MR) is 113 cm³/mol. The van der Waals surface area contributed by atoms with E-state index >= 15 is 0 Å². The van der Waals surface area contributed by atoms with Crippen molar-refractivity contribution in [3.05, 3.63) is 82.6 Å². The van der Waals surface area contributed by atoms with Crippen LogP contribution in [-0.2, 0) is 16.8 Å². The van der Waals surface area contributed by atoms with Gasteiger partial charge in [-0.05, 0) is 38.0 Å². The summed E-state index contributed by atoms with van der Waals surface area (Å²) >= 11 is 0. The summed E-state index contributed by atoms with van der Waals surface area (Å²) in [6.45, 7) is 3.80. The predicted octanol–water partition coefficient (Wildman–Crippen LogP) is 3.01. The van der Waals surface area contributed by atoms with Gasteiger partial charge in [-0.1, -0.05) is 48.5 Å². The standard InChI is InChI=1S/C23H25N3O3/c1-23(2,22(28)24-16-15-18-11-7-8-12-20(18)29-3)26-21(27)14-13-19(25-26)17-9-5-4-6-10-17/h4-14H,15-16H2,1-3H3,(H,24,28). The highest BCUT2D eigenvalue weighted by atomic mass is 16.5. The molecule has 150 valence electrons. The topological polar surface area (TPSA) is 73.2 Å². The summed E-state index contributed by atoms with van der Waals surface area (Å²) < 4.78 is 6.59. The number of carbonyl (C=O) groups is 1. The Morgan fingerprint density at radius 1 is 1.03 bits per heavy atom. The summed E-state index contributed by atoms with van der Waals surface area (Å²) in [5.74, 6) is 0.515. The molecule has 0 bridgehead atoms. The highest BCUT2D eigenvalue weighted by Gasteiger charge is 2.32. The number of hydrogen-bond acceptors (Lipinski definition) is 4. The zero-order chi connectivity index (χ0) is 20.9. The van der Waals surface area contributed by atoms with Gasteiger partial charge in [0.15, 0.2) is 0 Å². The summed E-state index contributed by atoms with van der Waals surface area (Å²) in [4.78, 5) is 25.3. The fourth-order valence-electron chi connectivity index (χ4n) is 3.11. The van der Waals surface area contributed by atoms with Gasteiger partial charge >= 0.3 is 0 Å². The largest absolute Gasteiger partial charge is 0.496 e. The minimum Gasteiger partial charge on any atom is -0.496 e. The minimum atomic E-state index is -1.14. The molecule has 0 fully saturated rings. The maximum absolute atomic E-state index is 12.9. The van der Waals surface area contributed by atoms with Crippen molar-refractivity contribution in [2.24, 2.45) is 0 Å². The molecule has 29 heavy (non-hydrogen) atoms. The van der Waals surface area contributed by atoms with Crippen molar-refractivity contribution in [2.75, 3.05) is 13.7 Å². The van der Waals surface area contributed by atoms with Gasteiger partial charge in [0.05, 0.1) is 12.8 Å². The van der Waals surface area contributed by atoms with Gasteiger partial charge in [-0.25, -0.2) is 4.68 Å². The number of amides is 1. The lowest BCUT2D eigenvalue weighted by molar-refractivity contribution is -0.128. The molecule has 0 spiro atoms. The molecule has 0 saturated carbocycles. The van der Waals surface area contributed by atoms with Crippen molar-refractivity contribution in [1.29, 1.82) is 0 Å². The lowest BCUT2D eigenvalue weighted by atomic mass is 10.0. The molecular weight excluding hydrogens is 366 g/mol. The molecule has 0 atom stereocenters. The average molecular weight is 391 g/mol. The van der Waals surface area contributed by atoms with E-state index in [0.717, 1.165) is 16.9 Å². The first-order valence-electron chi connectivity index (χ1n) is 9.50. The molecule has 1 aromatic heterocycles. The van der Waals surface area contributed by atoms with E-state index in [0.29, 0.717) is 18.7 Å². The van der Waals surface area contributed by atoms with Gasteiger partial charge < -0.3 is 10.1 Å². The molecule has 6 heteroatoms. The molecule has 0 aliphatic carbocycles. The Kier molecular flexibility index (Phi) is 6.12. The van der Waals surface area contributed by atoms with Crippen LogP contribution in [-0.4, -0.2) is 29.3 Å². The van der Waals surface area contributed by atoms with Crippen LogP contribution in [0.15, 0.2) is 71.5 Å². The first-order chi connectivity index (χ1) is 13.9. The smallest absolute Gasteiger partial charge is 0.267 e. The normalized spacial score (nSPS) is 11.1. The summed E-state index contributed by atoms with van der Waals surface area (Å²) in [5.41, 5.74) is 1.07. The Hall–Kier alpha value is -3.41. The van der Waals surface area contributed by atoms with E-state index in [1.54, 1.807) is 27.0 Å². The number of carbonyl (C=O) groups excluding carboxylic acids is 1. The van der Waals surface area contributed by atoms with E-state index in [-0.39, 0.29) is 11.5 Å². The fourth-order valence-corrected chi connectivity index (χ4v) is 3.11. The molecule has 1 amide bonds. The van der Waals surface area contributed by atoms with E-state index in [2.05, 4.69) is 10.4 Å². The minimum absolute atomic E-state index is 0.271. The highest BCUT2D eigenvalue weighted by Crippen LogP contribution is 2.19. The van der Waals surface area contributed by atoms with Crippen LogP contribution in [0.5, 0.6) is 5.75 Å². The summed E-state index contributed by atoms with van der Waals surface area (Å²) in [6.07, 6.45) is 0.623. The van der Waals surface area contributed by atoms with E-state index < -0.39 is 5.54 Å². The highest BCUT2D eigenvalue weighted by molar-refractivity contribution is 5.83. The Bertz CT molecular complexity index is 1040. The van der Waals surface area contributed by atoms with Crippen molar-refractivity contribution >= 4 is 5.91 Å². The third-order valence-electron chi connectivity index (χ3n) is 4.83. The van der Waals surface area contributed by atoms with Gasteiger partial charge in [0.25, 0.3) is 5.56 Å². The van der Waals surface area contributed by atoms with E-state index in [1.807, 2.05) is 54.6 Å². The zero-order valence-electron chi connectivity index (χ0n) is 16.9. The first-order valence-corrected chi connectivity index (χ1v) is 9.50. The Balaban J connectivity index is 1.76. The van der Waals surface area contributed by atoms with Gasteiger partial charge in [0.1, 0.15) is 11.3 Å². The van der Waals surface area contributed by atoms with Crippen LogP contribution in [0.3, 0.4) is 0 Å². The fraction of sp³-hybridized carbons (Fsp3) is 0.261. The zero-order valence-corrected chi connectivity index (χ0v) is 16.9. The second kappa shape index (κ2) is 8.73. The number of nitrogens with one attached hydrogen (secondary N) is 1. The maximum Gasteiger partial charge on any atom is 0.267 e. The number of aromatic nitrogens is 2. The van der Waals surface area contributed by atoms with E-state index in [1.165, 1.54) is 10.7 Å². The van der Waals surface area contributed by atoms with E-state index in [4.69, 9.17) is 4.74 Å². The SMILES string of the molecule is COc1ccccc1CCNC(=O)C(C)(C)n1nc(-c2ccccc2)ccc1=O. The van der Waals surface area contributed by atoms with Crippen molar-refractivity contribution in [3.63, 3.8) is 0 Å². The van der Waals surface area contributed by atoms with Crippen molar-refractivity contribution in [1.82, 2.24) is 15.1 Å². The molecule has 1 heterocycles. The number of ether oxygens (including phenoxy) is 1. The monoisotopic (exact) mass is 391 g/mol. The molecule has 2 aromatic carbocycles. The van der Waals surface area contributed by atoms with Crippen LogP contribution in [0, 0.1) is 0 Å². The third kappa shape index (κ3) is 4.54. The second-order valence-electron chi connectivity index (χ2n) is 7.21. The van der Waals surface area contributed by atoms with Gasteiger partial charge in [-0.15, -0.1) is 0 Å². The summed E-state index contributed by atoms with van der Waals surface area (Å²) in [5, 5.41) is 7.37. The average Bonchev–Trinajstić information content (AvgIpc) is 2.74. The number of benzene rings is 2. The number of methoxy groups -OCH3 is 1. The summed E-state index contributed by atoms with van der Waals surface area (Å²) in [6, 6.07) is 20.4. The summed E-state index contributed by atoms with van der Waals surface area (Å²) in [7, 11) is 1.62. The number of rotatable bonds is 7. The Morgan fingerprint density at radius 2 is 1.72 bits per heavy atom. The first kappa shape index (κ1) is 20.3. The molecule has 6 nitrogen and oxygen atoms in total. The molecule has 0 saturated heterocycles. The number of hydrogen-bond donors (Lipinski definition) is 1. The van der Waals surface area contributed by atoms with Crippen LogP contribution >= 0.6 is 0 Å². The molecule has 3 rings (SSSR count). The van der Waals surface area contributed by atoms with Crippen molar-refractivity contribution in [2.45, 2.75) is 25.8 Å². The van der Waals surface area contributed by atoms with Crippen LogP contribution in [0.1, 0.15) is 19.4 Å². The lowest BCUT2D eigenvalue weighted by Gasteiger charge is -2.25. The maximum atomic E-state index is 12.9. The Labute approximate surface area is 170 Å².